The maximum atomic E-state index is 11.3. The molecule has 0 radical (unpaired) electrons. The monoisotopic (exact) mass is 168 g/mol. The fourth-order valence-electron chi connectivity index (χ4n) is 0.237. The Morgan fingerprint density at radius 1 is 1.64 bits per heavy atom. The fourth-order valence-corrected chi connectivity index (χ4v) is 0.237. The normalized spacial score (nSPS) is 10.1. The molecule has 0 rings (SSSR count). The van der Waals surface area contributed by atoms with Crippen LogP contribution >= 0.6 is 0 Å². The van der Waals surface area contributed by atoms with Crippen LogP contribution in [0.25, 0.3) is 5.53 Å². The van der Waals surface area contributed by atoms with E-state index in [2.05, 4.69) is 9.53 Å². The SMILES string of the molecule is [N-]=[N+]=CC(=O)OCC(F)(F)F. The Bertz CT molecular complexity index is 194. The molecule has 62 valence electrons. The molecule has 4 nitrogen and oxygen atoms in total. The molecule has 0 aromatic heterocycles. The number of nitrogens with zero attached hydrogens (tertiary/aromatic N) is 2. The van der Waals surface area contributed by atoms with Crippen molar-refractivity contribution >= 4 is 12.2 Å². The topological polar surface area (TPSA) is 62.7 Å². The molecule has 11 heavy (non-hydrogen) atoms. The molecule has 0 unspecified atom stereocenters. The Labute approximate surface area is 59.2 Å². The first-order chi connectivity index (χ1) is 4.95. The average molecular weight is 168 g/mol. The summed E-state index contributed by atoms with van der Waals surface area (Å²) in [4.78, 5) is 12.2. The van der Waals surface area contributed by atoms with Crippen LogP contribution in [0.15, 0.2) is 0 Å². The van der Waals surface area contributed by atoms with Gasteiger partial charge in [-0.3, -0.25) is 0 Å². The van der Waals surface area contributed by atoms with Crippen LogP contribution in [0.3, 0.4) is 0 Å². The minimum Gasteiger partial charge on any atom is -0.448 e. The molecule has 0 bridgehead atoms. The molecule has 0 aliphatic heterocycles. The second-order valence-corrected chi connectivity index (χ2v) is 1.47. The Hall–Kier alpha value is -1.36. The van der Waals surface area contributed by atoms with Crippen molar-refractivity contribution in [3.63, 3.8) is 0 Å². The molecule has 0 aliphatic carbocycles. The van der Waals surface area contributed by atoms with Gasteiger partial charge in [-0.2, -0.15) is 18.0 Å². The van der Waals surface area contributed by atoms with E-state index < -0.39 is 18.8 Å². The fraction of sp³-hybridized carbons (Fsp3) is 0.500. The number of halogens is 3. The van der Waals surface area contributed by atoms with Crippen LogP contribution in [0.1, 0.15) is 0 Å². The van der Waals surface area contributed by atoms with Gasteiger partial charge in [0.1, 0.15) is 0 Å². The molecule has 0 aromatic carbocycles. The lowest BCUT2D eigenvalue weighted by molar-refractivity contribution is -0.182. The van der Waals surface area contributed by atoms with E-state index in [9.17, 15) is 18.0 Å². The first-order valence-corrected chi connectivity index (χ1v) is 2.36. The van der Waals surface area contributed by atoms with E-state index in [0.29, 0.717) is 0 Å². The number of alkyl halides is 3. The summed E-state index contributed by atoms with van der Waals surface area (Å²) in [6.07, 6.45) is -4.33. The summed E-state index contributed by atoms with van der Waals surface area (Å²) in [5.74, 6) is -1.34. The first kappa shape index (κ1) is 9.64. The molecule has 0 amide bonds. The highest BCUT2D eigenvalue weighted by molar-refractivity contribution is 6.20. The zero-order valence-electron chi connectivity index (χ0n) is 5.13. The second-order valence-electron chi connectivity index (χ2n) is 1.47. The number of hydrogen-bond donors (Lipinski definition) is 0. The van der Waals surface area contributed by atoms with Crippen molar-refractivity contribution in [3.05, 3.63) is 5.53 Å². The molecular formula is C4H3F3N2O2. The van der Waals surface area contributed by atoms with Crippen LogP contribution in [0.5, 0.6) is 0 Å². The van der Waals surface area contributed by atoms with E-state index in [1.165, 1.54) is 0 Å². The number of rotatable bonds is 2. The molecule has 0 spiro atoms. The molecule has 0 heterocycles. The third-order valence-corrected chi connectivity index (χ3v) is 0.541. The lowest BCUT2D eigenvalue weighted by atomic mass is 10.7. The molecular weight excluding hydrogens is 165 g/mol. The summed E-state index contributed by atoms with van der Waals surface area (Å²) in [6, 6.07) is 0. The van der Waals surface area contributed by atoms with Gasteiger partial charge in [0.05, 0.1) is 0 Å². The number of ether oxygens (including phenoxy) is 1. The first-order valence-electron chi connectivity index (χ1n) is 2.36. The van der Waals surface area contributed by atoms with Crippen molar-refractivity contribution in [1.29, 1.82) is 0 Å². The van der Waals surface area contributed by atoms with Crippen LogP contribution in [0.4, 0.5) is 13.2 Å². The van der Waals surface area contributed by atoms with E-state index in [-0.39, 0.29) is 6.21 Å². The number of carbonyl (C=O) groups is 1. The predicted molar refractivity (Wildman–Crippen MR) is 26.7 cm³/mol. The lowest BCUT2D eigenvalue weighted by Gasteiger charge is -2.03. The van der Waals surface area contributed by atoms with Gasteiger partial charge < -0.3 is 10.3 Å². The van der Waals surface area contributed by atoms with Gasteiger partial charge in [0, 0.05) is 0 Å². The highest BCUT2D eigenvalue weighted by Crippen LogP contribution is 2.13. The zero-order chi connectivity index (χ0) is 8.91. The zero-order valence-corrected chi connectivity index (χ0v) is 5.13. The van der Waals surface area contributed by atoms with Gasteiger partial charge in [0.25, 0.3) is 0 Å². The van der Waals surface area contributed by atoms with E-state index in [0.717, 1.165) is 0 Å². The van der Waals surface area contributed by atoms with Gasteiger partial charge in [-0.25, -0.2) is 4.79 Å². The predicted octanol–water partition coefficient (Wildman–Crippen LogP) is 0.392. The molecule has 0 saturated carbocycles. The third kappa shape index (κ3) is 6.53. The van der Waals surface area contributed by atoms with E-state index >= 15 is 0 Å². The van der Waals surface area contributed by atoms with Gasteiger partial charge in [0.2, 0.25) is 0 Å². The highest BCUT2D eigenvalue weighted by Gasteiger charge is 2.29. The van der Waals surface area contributed by atoms with Gasteiger partial charge in [-0.15, -0.1) is 0 Å². The van der Waals surface area contributed by atoms with Crippen molar-refractivity contribution in [1.82, 2.24) is 0 Å². The van der Waals surface area contributed by atoms with Crippen LogP contribution in [-0.2, 0) is 9.53 Å². The van der Waals surface area contributed by atoms with E-state index in [1.54, 1.807) is 0 Å². The van der Waals surface area contributed by atoms with Crippen LogP contribution < -0.4 is 0 Å². The molecule has 0 aliphatic rings. The smallest absolute Gasteiger partial charge is 0.422 e. The standard InChI is InChI=1S/C4H3F3N2O2/c5-4(6,7)2-11-3(10)1-9-8/h1H,2H2. The van der Waals surface area contributed by atoms with Crippen molar-refractivity contribution in [2.24, 2.45) is 0 Å². The maximum absolute atomic E-state index is 11.3. The molecule has 0 saturated heterocycles. The van der Waals surface area contributed by atoms with Crippen LogP contribution in [-0.4, -0.2) is 29.8 Å². The Kier molecular flexibility index (Phi) is 3.26. The molecule has 0 fully saturated rings. The summed E-state index contributed by atoms with van der Waals surface area (Å²) in [5.41, 5.74) is 7.65. The minimum absolute atomic E-state index is 0.228. The van der Waals surface area contributed by atoms with Crippen molar-refractivity contribution in [2.75, 3.05) is 6.61 Å². The summed E-state index contributed by atoms with van der Waals surface area (Å²) < 4.78 is 37.4. The molecule has 0 N–H and O–H groups in total. The minimum atomic E-state index is -4.56. The molecule has 0 atom stereocenters. The summed E-state index contributed by atoms with van der Waals surface area (Å²) in [7, 11) is 0. The maximum Gasteiger partial charge on any atom is 0.422 e. The quantitative estimate of drug-likeness (QED) is 0.259. The van der Waals surface area contributed by atoms with E-state index in [1.807, 2.05) is 0 Å². The average Bonchev–Trinajstić information content (AvgIpc) is 1.83. The number of esters is 1. The third-order valence-electron chi connectivity index (χ3n) is 0.541. The van der Waals surface area contributed by atoms with Crippen molar-refractivity contribution < 1.29 is 27.5 Å². The number of hydrogen-bond acceptors (Lipinski definition) is 2. The lowest BCUT2D eigenvalue weighted by Crippen LogP contribution is -2.20. The Balaban J connectivity index is 3.72. The highest BCUT2D eigenvalue weighted by atomic mass is 19.4. The van der Waals surface area contributed by atoms with Gasteiger partial charge >= 0.3 is 18.4 Å². The van der Waals surface area contributed by atoms with Gasteiger partial charge in [-0.05, 0) is 0 Å². The van der Waals surface area contributed by atoms with E-state index in [4.69, 9.17) is 5.53 Å². The Morgan fingerprint density at radius 2 is 2.18 bits per heavy atom. The second kappa shape index (κ2) is 3.72. The summed E-state index contributed by atoms with van der Waals surface area (Å²) >= 11 is 0. The largest absolute Gasteiger partial charge is 0.448 e. The van der Waals surface area contributed by atoms with Crippen molar-refractivity contribution in [3.8, 4) is 0 Å². The van der Waals surface area contributed by atoms with Crippen LogP contribution in [0.2, 0.25) is 0 Å². The van der Waals surface area contributed by atoms with Gasteiger partial charge in [-0.1, -0.05) is 0 Å². The van der Waals surface area contributed by atoms with Crippen LogP contribution in [0, 0.1) is 0 Å². The number of carbonyl (C=O) groups excluding carboxylic acids is 1. The molecule has 0 aromatic rings. The van der Waals surface area contributed by atoms with Gasteiger partial charge in [0.15, 0.2) is 6.61 Å². The summed E-state index contributed by atoms with van der Waals surface area (Å²) in [6.45, 7) is -1.68. The summed E-state index contributed by atoms with van der Waals surface area (Å²) in [5, 5.41) is 0. The van der Waals surface area contributed by atoms with Crippen molar-refractivity contribution in [2.45, 2.75) is 6.18 Å². The molecule has 7 heteroatoms. The Morgan fingerprint density at radius 3 is 2.55 bits per heavy atom.